The highest BCUT2D eigenvalue weighted by Gasteiger charge is 2.19. The van der Waals surface area contributed by atoms with E-state index in [0.717, 1.165) is 11.1 Å². The second kappa shape index (κ2) is 7.40. The SMILES string of the molecule is O=Cc1cc(OC(c2ccccc2)c2ccccc2)ccc1[N+](=O)[O-]. The number of carbonyl (C=O) groups is 1. The zero-order valence-corrected chi connectivity index (χ0v) is 13.2. The predicted molar refractivity (Wildman–Crippen MR) is 93.8 cm³/mol. The van der Waals surface area contributed by atoms with Crippen molar-refractivity contribution in [3.8, 4) is 5.75 Å². The van der Waals surface area contributed by atoms with Gasteiger partial charge in [-0.15, -0.1) is 0 Å². The van der Waals surface area contributed by atoms with Gasteiger partial charge in [0.15, 0.2) is 6.29 Å². The first-order valence-electron chi connectivity index (χ1n) is 7.69. The Kier molecular flexibility index (Phi) is 4.85. The second-order valence-corrected chi connectivity index (χ2v) is 5.41. The highest BCUT2D eigenvalue weighted by atomic mass is 16.6. The largest absolute Gasteiger partial charge is 0.481 e. The topological polar surface area (TPSA) is 69.4 Å². The Morgan fingerprint density at radius 2 is 1.44 bits per heavy atom. The predicted octanol–water partition coefficient (Wildman–Crippen LogP) is 4.58. The molecule has 0 bridgehead atoms. The molecule has 0 saturated heterocycles. The maximum Gasteiger partial charge on any atom is 0.280 e. The molecule has 5 heteroatoms. The van der Waals surface area contributed by atoms with Gasteiger partial charge in [0.1, 0.15) is 11.9 Å². The fraction of sp³-hybridized carbons (Fsp3) is 0.0500. The van der Waals surface area contributed by atoms with E-state index in [1.807, 2.05) is 60.7 Å². The number of carbonyl (C=O) groups excluding carboxylic acids is 1. The van der Waals surface area contributed by atoms with Gasteiger partial charge in [-0.2, -0.15) is 0 Å². The lowest BCUT2D eigenvalue weighted by Crippen LogP contribution is -2.09. The molecule has 0 aromatic heterocycles. The molecule has 0 atom stereocenters. The molecule has 0 aliphatic rings. The summed E-state index contributed by atoms with van der Waals surface area (Å²) in [5.74, 6) is 0.394. The molecule has 0 heterocycles. The number of ether oxygens (including phenoxy) is 1. The van der Waals surface area contributed by atoms with Crippen LogP contribution in [0.25, 0.3) is 0 Å². The summed E-state index contributed by atoms with van der Waals surface area (Å²) >= 11 is 0. The van der Waals surface area contributed by atoms with Gasteiger partial charge in [-0.3, -0.25) is 14.9 Å². The van der Waals surface area contributed by atoms with Crippen LogP contribution in [-0.4, -0.2) is 11.2 Å². The van der Waals surface area contributed by atoms with E-state index in [0.29, 0.717) is 12.0 Å². The maximum atomic E-state index is 11.1. The highest BCUT2D eigenvalue weighted by molar-refractivity contribution is 5.82. The Labute approximate surface area is 144 Å². The quantitative estimate of drug-likeness (QED) is 0.376. The average Bonchev–Trinajstić information content (AvgIpc) is 2.67. The standard InChI is InChI=1S/C20H15NO4/c22-14-17-13-18(11-12-19(17)21(23)24)25-20(15-7-3-1-4-8-15)16-9-5-2-6-10-16/h1-14,20H. The molecule has 25 heavy (non-hydrogen) atoms. The lowest BCUT2D eigenvalue weighted by molar-refractivity contribution is -0.385. The van der Waals surface area contributed by atoms with Crippen LogP contribution in [0, 0.1) is 10.1 Å². The Balaban J connectivity index is 1.99. The fourth-order valence-corrected chi connectivity index (χ4v) is 2.59. The monoisotopic (exact) mass is 333 g/mol. The van der Waals surface area contributed by atoms with Crippen LogP contribution in [0.2, 0.25) is 0 Å². The molecule has 124 valence electrons. The Bertz CT molecular complexity index is 839. The summed E-state index contributed by atoms with van der Waals surface area (Å²) in [6.07, 6.45) is 0.0775. The van der Waals surface area contributed by atoms with E-state index in [-0.39, 0.29) is 17.4 Å². The Morgan fingerprint density at radius 1 is 0.880 bits per heavy atom. The van der Waals surface area contributed by atoms with Crippen molar-refractivity contribution >= 4 is 12.0 Å². The van der Waals surface area contributed by atoms with Gasteiger partial charge < -0.3 is 4.74 Å². The summed E-state index contributed by atoms with van der Waals surface area (Å²) in [6.45, 7) is 0. The number of nitro benzene ring substituents is 1. The highest BCUT2D eigenvalue weighted by Crippen LogP contribution is 2.30. The van der Waals surface area contributed by atoms with E-state index >= 15 is 0 Å². The Morgan fingerprint density at radius 3 is 1.92 bits per heavy atom. The summed E-state index contributed by atoms with van der Waals surface area (Å²) in [5.41, 5.74) is 1.64. The summed E-state index contributed by atoms with van der Waals surface area (Å²) < 4.78 is 6.08. The number of benzene rings is 3. The van der Waals surface area contributed by atoms with E-state index in [9.17, 15) is 14.9 Å². The Hall–Kier alpha value is -3.47. The molecule has 0 radical (unpaired) electrons. The normalized spacial score (nSPS) is 10.4. The fourth-order valence-electron chi connectivity index (χ4n) is 2.59. The van der Waals surface area contributed by atoms with Crippen molar-refractivity contribution in [3.05, 3.63) is 106 Å². The molecule has 0 aliphatic heterocycles. The van der Waals surface area contributed by atoms with E-state index in [2.05, 4.69) is 0 Å². The lowest BCUT2D eigenvalue weighted by atomic mass is 10.0. The molecule has 3 aromatic carbocycles. The molecule has 5 nitrogen and oxygen atoms in total. The molecule has 0 aliphatic carbocycles. The van der Waals surface area contributed by atoms with Crippen molar-refractivity contribution < 1.29 is 14.5 Å². The van der Waals surface area contributed by atoms with E-state index < -0.39 is 4.92 Å². The molecule has 0 N–H and O–H groups in total. The van der Waals surface area contributed by atoms with Crippen LogP contribution in [0.3, 0.4) is 0 Å². The van der Waals surface area contributed by atoms with Gasteiger partial charge in [-0.25, -0.2) is 0 Å². The van der Waals surface area contributed by atoms with Crippen LogP contribution < -0.4 is 4.74 Å². The second-order valence-electron chi connectivity index (χ2n) is 5.41. The average molecular weight is 333 g/mol. The van der Waals surface area contributed by atoms with Crippen molar-refractivity contribution in [1.29, 1.82) is 0 Å². The first-order valence-corrected chi connectivity index (χ1v) is 7.69. The zero-order valence-electron chi connectivity index (χ0n) is 13.2. The van der Waals surface area contributed by atoms with Crippen molar-refractivity contribution in [2.75, 3.05) is 0 Å². The summed E-state index contributed by atoms with van der Waals surface area (Å²) in [7, 11) is 0. The molecular weight excluding hydrogens is 318 g/mol. The van der Waals surface area contributed by atoms with Crippen LogP contribution in [0.15, 0.2) is 78.9 Å². The molecular formula is C20H15NO4. The summed E-state index contributed by atoms with van der Waals surface area (Å²) in [4.78, 5) is 21.5. The van der Waals surface area contributed by atoms with Gasteiger partial charge in [0, 0.05) is 6.07 Å². The van der Waals surface area contributed by atoms with E-state index in [1.54, 1.807) is 0 Å². The van der Waals surface area contributed by atoms with Crippen molar-refractivity contribution in [1.82, 2.24) is 0 Å². The third kappa shape index (κ3) is 3.72. The summed E-state index contributed by atoms with van der Waals surface area (Å²) in [5, 5.41) is 11.0. The molecule has 0 saturated carbocycles. The third-order valence-corrected chi connectivity index (χ3v) is 3.78. The van der Waals surface area contributed by atoms with Crippen LogP contribution in [0.1, 0.15) is 27.6 Å². The number of nitrogens with zero attached hydrogens (tertiary/aromatic N) is 1. The summed E-state index contributed by atoms with van der Waals surface area (Å²) in [6, 6.07) is 23.5. The van der Waals surface area contributed by atoms with Crippen molar-refractivity contribution in [3.63, 3.8) is 0 Å². The van der Waals surface area contributed by atoms with Gasteiger partial charge in [-0.05, 0) is 23.3 Å². The van der Waals surface area contributed by atoms with Crippen LogP contribution in [0.5, 0.6) is 5.75 Å². The molecule has 0 amide bonds. The number of hydrogen-bond acceptors (Lipinski definition) is 4. The molecule has 0 unspecified atom stereocenters. The number of aldehydes is 1. The van der Waals surface area contributed by atoms with Crippen LogP contribution >= 0.6 is 0 Å². The molecule has 0 spiro atoms. The van der Waals surface area contributed by atoms with Gasteiger partial charge in [-0.1, -0.05) is 60.7 Å². The van der Waals surface area contributed by atoms with E-state index in [1.165, 1.54) is 18.2 Å². The lowest BCUT2D eigenvalue weighted by Gasteiger charge is -2.20. The van der Waals surface area contributed by atoms with Gasteiger partial charge >= 0.3 is 0 Å². The number of rotatable bonds is 6. The first-order chi connectivity index (χ1) is 12.2. The van der Waals surface area contributed by atoms with Gasteiger partial charge in [0.25, 0.3) is 5.69 Å². The minimum Gasteiger partial charge on any atom is -0.481 e. The minimum atomic E-state index is -0.584. The van der Waals surface area contributed by atoms with Crippen LogP contribution in [-0.2, 0) is 0 Å². The number of nitro groups is 1. The first kappa shape index (κ1) is 16.4. The minimum absolute atomic E-state index is 0.0117. The molecule has 0 fully saturated rings. The van der Waals surface area contributed by atoms with Crippen molar-refractivity contribution in [2.45, 2.75) is 6.10 Å². The number of hydrogen-bond donors (Lipinski definition) is 0. The maximum absolute atomic E-state index is 11.1. The third-order valence-electron chi connectivity index (χ3n) is 3.78. The van der Waals surface area contributed by atoms with Gasteiger partial charge in [0.2, 0.25) is 0 Å². The zero-order chi connectivity index (χ0) is 17.6. The van der Waals surface area contributed by atoms with E-state index in [4.69, 9.17) is 4.74 Å². The van der Waals surface area contributed by atoms with Gasteiger partial charge in [0.05, 0.1) is 10.5 Å². The van der Waals surface area contributed by atoms with Crippen molar-refractivity contribution in [2.24, 2.45) is 0 Å². The smallest absolute Gasteiger partial charge is 0.280 e. The molecule has 3 rings (SSSR count). The van der Waals surface area contributed by atoms with Crippen LogP contribution in [0.4, 0.5) is 5.69 Å². The molecule has 3 aromatic rings.